The van der Waals surface area contributed by atoms with Crippen molar-refractivity contribution in [1.29, 1.82) is 0 Å². The zero-order chi connectivity index (χ0) is 22.6. The third kappa shape index (κ3) is 4.83. The van der Waals surface area contributed by atoms with E-state index in [2.05, 4.69) is 54.4 Å². The largest absolute Gasteiger partial charge is 0.497 e. The molecule has 0 aliphatic carbocycles. The predicted molar refractivity (Wildman–Crippen MR) is 128 cm³/mol. The summed E-state index contributed by atoms with van der Waals surface area (Å²) in [6.45, 7) is 4.95. The number of piperazine rings is 1. The van der Waals surface area contributed by atoms with E-state index in [1.807, 2.05) is 30.3 Å². The number of nitrogens with one attached hydrogen (secondary N) is 2. The van der Waals surface area contributed by atoms with E-state index in [1.165, 1.54) is 10.2 Å². The first-order valence-electron chi connectivity index (χ1n) is 11.1. The highest BCUT2D eigenvalue weighted by Crippen LogP contribution is 2.17. The van der Waals surface area contributed by atoms with Crippen molar-refractivity contribution < 1.29 is 4.74 Å². The van der Waals surface area contributed by atoms with Gasteiger partial charge in [-0.3, -0.25) is 14.8 Å². The lowest BCUT2D eigenvalue weighted by molar-refractivity contribution is 0.247. The molecule has 2 aromatic carbocycles. The van der Waals surface area contributed by atoms with Crippen molar-refractivity contribution in [3.8, 4) is 5.75 Å². The van der Waals surface area contributed by atoms with Crippen LogP contribution >= 0.6 is 0 Å². The molecular formula is C24H27N7O2. The number of rotatable bonds is 7. The molecule has 0 amide bonds. The maximum absolute atomic E-state index is 12.6. The average Bonchev–Trinajstić information content (AvgIpc) is 3.28. The van der Waals surface area contributed by atoms with Gasteiger partial charge in [-0.1, -0.05) is 30.3 Å². The van der Waals surface area contributed by atoms with Crippen LogP contribution in [0.1, 0.15) is 11.3 Å². The number of anilines is 2. The molecule has 5 rings (SSSR count). The van der Waals surface area contributed by atoms with Crippen molar-refractivity contribution >= 4 is 17.4 Å². The third-order valence-corrected chi connectivity index (χ3v) is 5.88. The normalized spacial score (nSPS) is 14.5. The Labute approximate surface area is 191 Å². The Morgan fingerprint density at radius 1 is 1.00 bits per heavy atom. The number of aromatic amines is 1. The molecule has 0 radical (unpaired) electrons. The molecule has 9 heteroatoms. The van der Waals surface area contributed by atoms with Crippen LogP contribution in [0, 0.1) is 0 Å². The zero-order valence-electron chi connectivity index (χ0n) is 18.6. The van der Waals surface area contributed by atoms with E-state index in [9.17, 15) is 4.79 Å². The van der Waals surface area contributed by atoms with Gasteiger partial charge in [0.05, 0.1) is 12.8 Å². The molecule has 2 N–H and O–H groups in total. The first kappa shape index (κ1) is 21.0. The van der Waals surface area contributed by atoms with Gasteiger partial charge in [0.2, 0.25) is 5.95 Å². The van der Waals surface area contributed by atoms with E-state index in [0.717, 1.165) is 43.2 Å². The van der Waals surface area contributed by atoms with Crippen LogP contribution in [0.3, 0.4) is 0 Å². The number of H-pyrrole nitrogens is 1. The number of para-hydroxylation sites is 1. The van der Waals surface area contributed by atoms with Crippen LogP contribution in [-0.2, 0) is 13.1 Å². The Bertz CT molecular complexity index is 1260. The van der Waals surface area contributed by atoms with Crippen molar-refractivity contribution in [2.75, 3.05) is 43.5 Å². The van der Waals surface area contributed by atoms with E-state index < -0.39 is 0 Å². The van der Waals surface area contributed by atoms with Crippen molar-refractivity contribution in [2.45, 2.75) is 13.1 Å². The summed E-state index contributed by atoms with van der Waals surface area (Å²) in [6.07, 6.45) is 0. The second-order valence-electron chi connectivity index (χ2n) is 8.09. The fraction of sp³-hybridized carbons (Fsp3) is 0.292. The molecule has 9 nitrogen and oxygen atoms in total. The van der Waals surface area contributed by atoms with Gasteiger partial charge in [0.1, 0.15) is 5.75 Å². The summed E-state index contributed by atoms with van der Waals surface area (Å²) in [7, 11) is 1.64. The molecular weight excluding hydrogens is 418 g/mol. The number of hydrogen-bond donors (Lipinski definition) is 2. The molecule has 3 heterocycles. The molecule has 1 aliphatic rings. The standard InChI is InChI=1S/C24H27N7O2/c1-33-21-9-7-18(8-10-21)16-25-23-27-24-26-19(15-22(32)31(24)28-23)17-29-11-13-30(14-12-29)20-5-3-2-4-6-20/h2-10,15H,11-14,16-17H2,1H3,(H2,25,26,27,28). The summed E-state index contributed by atoms with van der Waals surface area (Å²) in [4.78, 5) is 26.4. The highest BCUT2D eigenvalue weighted by atomic mass is 16.5. The van der Waals surface area contributed by atoms with Crippen LogP contribution in [0.15, 0.2) is 65.5 Å². The molecule has 33 heavy (non-hydrogen) atoms. The Kier molecular flexibility index (Phi) is 5.95. The highest BCUT2D eigenvalue weighted by molar-refractivity contribution is 5.46. The molecule has 1 aliphatic heterocycles. The van der Waals surface area contributed by atoms with Gasteiger partial charge in [-0.05, 0) is 29.8 Å². The molecule has 0 spiro atoms. The van der Waals surface area contributed by atoms with Gasteiger partial charge in [-0.2, -0.15) is 9.50 Å². The van der Waals surface area contributed by atoms with E-state index in [4.69, 9.17) is 4.74 Å². The van der Waals surface area contributed by atoms with Crippen LogP contribution in [0.4, 0.5) is 11.6 Å². The van der Waals surface area contributed by atoms with E-state index in [0.29, 0.717) is 24.8 Å². The molecule has 170 valence electrons. The lowest BCUT2D eigenvalue weighted by atomic mass is 10.2. The number of nitrogens with zero attached hydrogens (tertiary/aromatic N) is 5. The van der Waals surface area contributed by atoms with Crippen LogP contribution < -0.4 is 20.5 Å². The first-order chi connectivity index (χ1) is 16.2. The van der Waals surface area contributed by atoms with Crippen molar-refractivity contribution in [2.24, 2.45) is 0 Å². The maximum Gasteiger partial charge on any atom is 0.274 e. The molecule has 2 aromatic heterocycles. The van der Waals surface area contributed by atoms with Gasteiger partial charge in [-0.25, -0.2) is 4.98 Å². The smallest absolute Gasteiger partial charge is 0.274 e. The number of hydrogen-bond acceptors (Lipinski definition) is 7. The fourth-order valence-corrected chi connectivity index (χ4v) is 4.05. The Morgan fingerprint density at radius 2 is 1.76 bits per heavy atom. The molecule has 4 aromatic rings. The summed E-state index contributed by atoms with van der Waals surface area (Å²) >= 11 is 0. The van der Waals surface area contributed by atoms with Crippen molar-refractivity contribution in [3.05, 3.63) is 82.3 Å². The fourth-order valence-electron chi connectivity index (χ4n) is 4.05. The number of benzene rings is 2. The minimum atomic E-state index is -0.164. The molecule has 1 saturated heterocycles. The quantitative estimate of drug-likeness (QED) is 0.451. The summed E-state index contributed by atoms with van der Waals surface area (Å²) < 4.78 is 6.55. The summed E-state index contributed by atoms with van der Waals surface area (Å²) in [5.74, 6) is 1.69. The topological polar surface area (TPSA) is 90.8 Å². The monoisotopic (exact) mass is 445 g/mol. The van der Waals surface area contributed by atoms with E-state index >= 15 is 0 Å². The van der Waals surface area contributed by atoms with E-state index in [1.54, 1.807) is 13.2 Å². The van der Waals surface area contributed by atoms with E-state index in [-0.39, 0.29) is 5.56 Å². The molecule has 0 saturated carbocycles. The number of methoxy groups -OCH3 is 1. The van der Waals surface area contributed by atoms with Crippen LogP contribution in [0.5, 0.6) is 5.75 Å². The molecule has 1 fully saturated rings. The van der Waals surface area contributed by atoms with Crippen LogP contribution in [-0.4, -0.2) is 57.8 Å². The summed E-state index contributed by atoms with van der Waals surface area (Å²) in [5.41, 5.74) is 2.90. The summed E-state index contributed by atoms with van der Waals surface area (Å²) in [6, 6.07) is 19.8. The molecule has 0 bridgehead atoms. The van der Waals surface area contributed by atoms with Gasteiger partial charge in [-0.15, -0.1) is 0 Å². The average molecular weight is 446 g/mol. The minimum Gasteiger partial charge on any atom is -0.497 e. The Morgan fingerprint density at radius 3 is 2.48 bits per heavy atom. The van der Waals surface area contributed by atoms with Gasteiger partial charge >= 0.3 is 0 Å². The Hall–Kier alpha value is -3.85. The van der Waals surface area contributed by atoms with Crippen LogP contribution in [0.25, 0.3) is 5.78 Å². The van der Waals surface area contributed by atoms with Gasteiger partial charge in [0, 0.05) is 51.0 Å². The minimum absolute atomic E-state index is 0.164. The van der Waals surface area contributed by atoms with Gasteiger partial charge in [0.25, 0.3) is 11.3 Å². The molecule has 0 unspecified atom stereocenters. The Balaban J connectivity index is 1.22. The maximum atomic E-state index is 12.6. The number of aromatic nitrogens is 4. The van der Waals surface area contributed by atoms with Gasteiger partial charge < -0.3 is 15.0 Å². The van der Waals surface area contributed by atoms with Crippen molar-refractivity contribution in [3.63, 3.8) is 0 Å². The van der Waals surface area contributed by atoms with Gasteiger partial charge in [0.15, 0.2) is 0 Å². The lowest BCUT2D eigenvalue weighted by Crippen LogP contribution is -2.46. The summed E-state index contributed by atoms with van der Waals surface area (Å²) in [5, 5.41) is 6.20. The molecule has 0 atom stereocenters. The first-order valence-corrected chi connectivity index (χ1v) is 11.1. The SMILES string of the molecule is COc1ccc(CNc2nc3nc(CN4CCN(c5ccccc5)CC4)cc(=O)n3[nH]2)cc1. The lowest BCUT2D eigenvalue weighted by Gasteiger charge is -2.35. The zero-order valence-corrected chi connectivity index (χ0v) is 18.6. The number of ether oxygens (including phenoxy) is 1. The second-order valence-corrected chi connectivity index (χ2v) is 8.09. The highest BCUT2D eigenvalue weighted by Gasteiger charge is 2.18. The number of fused-ring (bicyclic) bond motifs is 1. The van der Waals surface area contributed by atoms with Crippen LogP contribution in [0.2, 0.25) is 0 Å². The van der Waals surface area contributed by atoms with Crippen molar-refractivity contribution in [1.82, 2.24) is 24.5 Å². The predicted octanol–water partition coefficient (Wildman–Crippen LogP) is 2.36. The third-order valence-electron chi connectivity index (χ3n) is 5.88. The second kappa shape index (κ2) is 9.33.